The van der Waals surface area contributed by atoms with Crippen molar-refractivity contribution in [3.05, 3.63) is 40.7 Å². The van der Waals surface area contributed by atoms with Crippen LogP contribution < -0.4 is 20.8 Å². The van der Waals surface area contributed by atoms with Crippen molar-refractivity contribution < 1.29 is 9.53 Å². The largest absolute Gasteiger partial charge is 0.494 e. The number of ether oxygens (including phenoxy) is 1. The summed E-state index contributed by atoms with van der Waals surface area (Å²) in [5.74, 6) is 5.43. The number of nitrogens with one attached hydrogen (secondary N) is 1. The number of piperidine rings is 1. The van der Waals surface area contributed by atoms with E-state index in [1.54, 1.807) is 14.0 Å². The Morgan fingerprint density at radius 3 is 2.35 bits per heavy atom. The van der Waals surface area contributed by atoms with Crippen LogP contribution in [-0.4, -0.2) is 80.3 Å². The van der Waals surface area contributed by atoms with Gasteiger partial charge in [0.25, 0.3) is 5.91 Å². The van der Waals surface area contributed by atoms with Gasteiger partial charge in [0.2, 0.25) is 0 Å². The number of aliphatic imine (C=N–C) groups is 1. The van der Waals surface area contributed by atoms with Gasteiger partial charge in [-0.2, -0.15) is 0 Å². The maximum absolute atomic E-state index is 12.6. The third-order valence-corrected chi connectivity index (χ3v) is 8.32. The Morgan fingerprint density at radius 1 is 1.10 bits per heavy atom. The topological polar surface area (TPSA) is 111 Å². The van der Waals surface area contributed by atoms with Gasteiger partial charge in [0.05, 0.1) is 18.4 Å². The first-order valence-corrected chi connectivity index (χ1v) is 14.5. The van der Waals surface area contributed by atoms with E-state index in [1.807, 2.05) is 26.0 Å². The van der Waals surface area contributed by atoms with Crippen molar-refractivity contribution in [1.82, 2.24) is 9.80 Å². The minimum atomic E-state index is -0.605. The molecule has 3 rings (SSSR count). The van der Waals surface area contributed by atoms with Gasteiger partial charge in [0, 0.05) is 57.1 Å². The summed E-state index contributed by atoms with van der Waals surface area (Å²) in [6.45, 7) is 14.3. The molecule has 2 aliphatic heterocycles. The number of anilines is 2. The summed E-state index contributed by atoms with van der Waals surface area (Å²) >= 11 is 6.67. The predicted octanol–water partition coefficient (Wildman–Crippen LogP) is 5.18. The molecule has 11 heteroatoms. The zero-order valence-corrected chi connectivity index (χ0v) is 25.6. The van der Waals surface area contributed by atoms with E-state index in [4.69, 9.17) is 22.2 Å². The molecule has 0 spiro atoms. The highest BCUT2D eigenvalue weighted by molar-refractivity contribution is 6.69. The first-order chi connectivity index (χ1) is 19.2. The summed E-state index contributed by atoms with van der Waals surface area (Å²) in [7, 11) is 3.83. The van der Waals surface area contributed by atoms with E-state index in [2.05, 4.69) is 55.4 Å². The average Bonchev–Trinajstić information content (AvgIpc) is 2.97. The summed E-state index contributed by atoms with van der Waals surface area (Å²) < 4.78 is 5.76. The third kappa shape index (κ3) is 8.05. The lowest BCUT2D eigenvalue weighted by Crippen LogP contribution is -2.52. The van der Waals surface area contributed by atoms with Crippen molar-refractivity contribution in [3.63, 3.8) is 0 Å². The summed E-state index contributed by atoms with van der Waals surface area (Å²) in [5.41, 5.74) is 4.07. The molecule has 0 aliphatic carbocycles. The number of likely N-dealkylation sites (N-methyl/N-ethyl adjacent to an activating group) is 1. The zero-order valence-electron chi connectivity index (χ0n) is 24.8. The molecular weight excluding hydrogens is 528 g/mol. The lowest BCUT2D eigenvalue weighted by Gasteiger charge is -2.42. The molecule has 1 amide bonds. The van der Waals surface area contributed by atoms with Crippen LogP contribution in [0.5, 0.6) is 5.75 Å². The first kappa shape index (κ1) is 31.6. The molecule has 2 saturated heterocycles. The van der Waals surface area contributed by atoms with Gasteiger partial charge >= 0.3 is 0 Å². The molecule has 10 nitrogen and oxygen atoms in total. The number of carbonyl (C=O) groups excluding carboxylic acids is 1. The molecule has 40 heavy (non-hydrogen) atoms. The van der Waals surface area contributed by atoms with Gasteiger partial charge in [-0.15, -0.1) is 0 Å². The van der Waals surface area contributed by atoms with Crippen LogP contribution >= 0.6 is 11.6 Å². The van der Waals surface area contributed by atoms with Crippen LogP contribution in [0.2, 0.25) is 0 Å². The second-order valence-corrected chi connectivity index (χ2v) is 10.8. The lowest BCUT2D eigenvalue weighted by molar-refractivity contribution is -0.114. The highest BCUT2D eigenvalue weighted by atomic mass is 35.5. The molecule has 2 fully saturated rings. The Labute approximate surface area is 243 Å². The normalized spacial score (nSPS) is 19.5. The second kappa shape index (κ2) is 15.2. The zero-order chi connectivity index (χ0) is 29.2. The summed E-state index contributed by atoms with van der Waals surface area (Å²) in [4.78, 5) is 24.6. The minimum absolute atomic E-state index is 0.231. The molecule has 0 atom stereocenters. The molecule has 220 valence electrons. The van der Waals surface area contributed by atoms with E-state index < -0.39 is 5.91 Å². The molecule has 1 aromatic rings. The summed E-state index contributed by atoms with van der Waals surface area (Å²) in [5, 5.41) is 10.2. The Balaban J connectivity index is 1.83. The van der Waals surface area contributed by atoms with Crippen LogP contribution in [0, 0.1) is 0 Å². The van der Waals surface area contributed by atoms with Crippen LogP contribution in [0.4, 0.5) is 11.4 Å². The summed E-state index contributed by atoms with van der Waals surface area (Å²) in [6.07, 6.45) is 3.86. The fourth-order valence-corrected chi connectivity index (χ4v) is 5.60. The number of methoxy groups -OCH3 is 1. The predicted molar refractivity (Wildman–Crippen MR) is 164 cm³/mol. The maximum Gasteiger partial charge on any atom is 0.296 e. The molecule has 0 bridgehead atoms. The van der Waals surface area contributed by atoms with E-state index in [0.717, 1.165) is 75.4 Å². The first-order valence-electron chi connectivity index (χ1n) is 14.1. The fraction of sp³-hybridized carbons (Fsp3) is 0.586. The number of rotatable bonds is 10. The molecule has 1 aromatic carbocycles. The van der Waals surface area contributed by atoms with Gasteiger partial charge in [0.15, 0.2) is 0 Å². The van der Waals surface area contributed by atoms with Crippen molar-refractivity contribution in [2.24, 2.45) is 21.2 Å². The average molecular weight is 573 g/mol. The van der Waals surface area contributed by atoms with Gasteiger partial charge in [-0.05, 0) is 64.3 Å². The van der Waals surface area contributed by atoms with Crippen LogP contribution in [0.3, 0.4) is 0 Å². The van der Waals surface area contributed by atoms with Crippen LogP contribution in [0.25, 0.3) is 0 Å². The molecule has 2 heterocycles. The van der Waals surface area contributed by atoms with Crippen LogP contribution in [-0.2, 0) is 4.79 Å². The van der Waals surface area contributed by atoms with E-state index in [9.17, 15) is 4.79 Å². The molecule has 2 aliphatic rings. The monoisotopic (exact) mass is 572 g/mol. The van der Waals surface area contributed by atoms with Gasteiger partial charge in [0.1, 0.15) is 16.7 Å². The number of amides is 1. The smallest absolute Gasteiger partial charge is 0.296 e. The second-order valence-electron chi connectivity index (χ2n) is 10.4. The van der Waals surface area contributed by atoms with E-state index in [0.29, 0.717) is 29.1 Å². The number of nitrogens with zero attached hydrogens (tertiary/aromatic N) is 6. The number of hydrogen-bond donors (Lipinski definition) is 2. The van der Waals surface area contributed by atoms with Crippen molar-refractivity contribution in [2.45, 2.75) is 59.4 Å². The van der Waals surface area contributed by atoms with Gasteiger partial charge < -0.3 is 25.7 Å². The van der Waals surface area contributed by atoms with Gasteiger partial charge in [-0.3, -0.25) is 9.69 Å². The molecule has 0 radical (unpaired) electrons. The highest BCUT2D eigenvalue weighted by Crippen LogP contribution is 2.33. The SMILES string of the molecule is CC/C(C)=C(CC)/C(Cl)=N\C(Nc1ccc(N2CCC(N3CCN(C)CC3)CC2)cc1OC)=C(/C)C(=O)N=NN. The summed E-state index contributed by atoms with van der Waals surface area (Å²) in [6, 6.07) is 6.68. The maximum atomic E-state index is 12.6. The van der Waals surface area contributed by atoms with E-state index in [-0.39, 0.29) is 11.4 Å². The van der Waals surface area contributed by atoms with Crippen molar-refractivity contribution in [3.8, 4) is 5.75 Å². The number of piperazine rings is 1. The fourth-order valence-electron chi connectivity index (χ4n) is 5.22. The third-order valence-electron chi connectivity index (χ3n) is 8.00. The van der Waals surface area contributed by atoms with E-state index in [1.165, 1.54) is 0 Å². The van der Waals surface area contributed by atoms with Crippen molar-refractivity contribution >= 4 is 34.1 Å². The van der Waals surface area contributed by atoms with Crippen LogP contribution in [0.1, 0.15) is 53.4 Å². The van der Waals surface area contributed by atoms with Gasteiger partial charge in [-0.25, -0.2) is 4.99 Å². The number of hydrogen-bond acceptors (Lipinski definition) is 8. The number of nitrogens with two attached hydrogens (primary N) is 1. The van der Waals surface area contributed by atoms with Crippen LogP contribution in [0.15, 0.2) is 56.1 Å². The number of halogens is 1. The Bertz CT molecular complexity index is 1150. The van der Waals surface area contributed by atoms with Crippen molar-refractivity contribution in [1.29, 1.82) is 0 Å². The molecule has 0 unspecified atom stereocenters. The highest BCUT2D eigenvalue weighted by Gasteiger charge is 2.27. The number of benzene rings is 1. The van der Waals surface area contributed by atoms with Gasteiger partial charge in [-0.1, -0.05) is 41.4 Å². The Kier molecular flexibility index (Phi) is 12.0. The molecule has 0 saturated carbocycles. The lowest BCUT2D eigenvalue weighted by atomic mass is 10.0. The Hall–Kier alpha value is -2.95. The standard InChI is InChI=1S/C29H45ClN8O2/c1-7-20(3)24(8-2)27(30)33-28(21(4)29(39)34-35-31)32-25-10-9-23(19-26(25)40-6)37-13-11-22(12-14-37)38-17-15-36(5)16-18-38/h9-10,19,22,32H,7-8,11-18H2,1-6H3,(H2,31,34,39)/b24-20+,28-21+,33-27+. The Morgan fingerprint density at radius 2 is 1.77 bits per heavy atom. The number of carbonyl (C=O) groups is 1. The van der Waals surface area contributed by atoms with E-state index >= 15 is 0 Å². The molecule has 0 aromatic heterocycles. The minimum Gasteiger partial charge on any atom is -0.494 e. The quantitative estimate of drug-likeness (QED) is 0.131. The number of allylic oxidation sites excluding steroid dienone is 2. The molecule has 3 N–H and O–H groups in total. The molecular formula is C29H45ClN8O2. The van der Waals surface area contributed by atoms with Crippen molar-refractivity contribution in [2.75, 3.05) is 63.6 Å².